The molecule has 0 saturated carbocycles. The molecule has 0 spiro atoms. The molecule has 4 heteroatoms. The van der Waals surface area contributed by atoms with Crippen LogP contribution in [0.25, 0.3) is 0 Å². The van der Waals surface area contributed by atoms with Crippen LogP contribution in [0.4, 0.5) is 0 Å². The van der Waals surface area contributed by atoms with E-state index in [0.29, 0.717) is 6.61 Å². The van der Waals surface area contributed by atoms with Gasteiger partial charge in [0.05, 0.1) is 6.10 Å². The minimum absolute atomic E-state index is 0.269. The van der Waals surface area contributed by atoms with Crippen molar-refractivity contribution in [2.75, 3.05) is 6.61 Å². The lowest BCUT2D eigenvalue weighted by Gasteiger charge is -2.07. The number of nitriles is 1. The minimum Gasteiger partial charge on any atom is -0.477 e. The molecule has 0 radical (unpaired) electrons. The maximum Gasteiger partial charge on any atom is 0.346 e. The van der Waals surface area contributed by atoms with Crippen molar-refractivity contribution >= 4 is 5.97 Å². The summed E-state index contributed by atoms with van der Waals surface area (Å²) in [7, 11) is 0. The molecule has 0 fully saturated rings. The summed E-state index contributed by atoms with van der Waals surface area (Å²) in [6.45, 7) is 4.35. The zero-order valence-corrected chi connectivity index (χ0v) is 8.49. The third-order valence-electron chi connectivity index (χ3n) is 1.63. The van der Waals surface area contributed by atoms with Gasteiger partial charge in [0.1, 0.15) is 11.6 Å². The SMILES string of the molecule is CCCCOC(C)C=C(C#N)C(=O)O. The van der Waals surface area contributed by atoms with Gasteiger partial charge in [-0.2, -0.15) is 5.26 Å². The molecule has 1 N–H and O–H groups in total. The van der Waals surface area contributed by atoms with E-state index in [2.05, 4.69) is 0 Å². The second-order valence-corrected chi connectivity index (χ2v) is 2.93. The van der Waals surface area contributed by atoms with Gasteiger partial charge in [-0.25, -0.2) is 4.79 Å². The summed E-state index contributed by atoms with van der Waals surface area (Å²) in [4.78, 5) is 10.4. The number of carboxylic acid groups (broad SMARTS) is 1. The molecular formula is C10H15NO3. The van der Waals surface area contributed by atoms with Crippen LogP contribution in [-0.2, 0) is 9.53 Å². The number of carboxylic acids is 1. The Morgan fingerprint density at radius 1 is 1.71 bits per heavy atom. The van der Waals surface area contributed by atoms with Crippen molar-refractivity contribution in [2.24, 2.45) is 0 Å². The lowest BCUT2D eigenvalue weighted by molar-refractivity contribution is -0.132. The van der Waals surface area contributed by atoms with E-state index in [0.717, 1.165) is 12.8 Å². The first-order valence-electron chi connectivity index (χ1n) is 4.58. The number of hydrogen-bond acceptors (Lipinski definition) is 3. The summed E-state index contributed by atoms with van der Waals surface area (Å²) in [5.74, 6) is -1.21. The molecule has 0 aliphatic rings. The van der Waals surface area contributed by atoms with Crippen LogP contribution in [0.5, 0.6) is 0 Å². The number of unbranched alkanes of at least 4 members (excludes halogenated alkanes) is 1. The predicted molar refractivity (Wildman–Crippen MR) is 51.7 cm³/mol. The standard InChI is InChI=1S/C10H15NO3/c1-3-4-5-14-8(2)6-9(7-11)10(12)13/h6,8H,3-5H2,1-2H3,(H,12,13). The molecule has 0 heterocycles. The molecule has 0 saturated heterocycles. The molecule has 0 aromatic heterocycles. The molecule has 4 nitrogen and oxygen atoms in total. The number of hydrogen-bond donors (Lipinski definition) is 1. The van der Waals surface area contributed by atoms with Gasteiger partial charge in [0.2, 0.25) is 0 Å². The van der Waals surface area contributed by atoms with E-state index >= 15 is 0 Å². The van der Waals surface area contributed by atoms with E-state index in [9.17, 15) is 4.79 Å². The highest BCUT2D eigenvalue weighted by Gasteiger charge is 2.08. The normalized spacial score (nSPS) is 13.4. The van der Waals surface area contributed by atoms with Crippen LogP contribution in [0.2, 0.25) is 0 Å². The Morgan fingerprint density at radius 2 is 2.36 bits per heavy atom. The Balaban J connectivity index is 4.07. The molecule has 14 heavy (non-hydrogen) atoms. The monoisotopic (exact) mass is 197 g/mol. The fourth-order valence-electron chi connectivity index (χ4n) is 0.853. The second-order valence-electron chi connectivity index (χ2n) is 2.93. The topological polar surface area (TPSA) is 70.3 Å². The van der Waals surface area contributed by atoms with Crippen LogP contribution < -0.4 is 0 Å². The second kappa shape index (κ2) is 7.10. The number of carbonyl (C=O) groups is 1. The molecule has 0 aliphatic carbocycles. The molecule has 0 rings (SSSR count). The highest BCUT2D eigenvalue weighted by Crippen LogP contribution is 2.01. The largest absolute Gasteiger partial charge is 0.477 e. The maximum atomic E-state index is 10.4. The summed E-state index contributed by atoms with van der Waals surface area (Å²) in [5.41, 5.74) is -0.269. The average molecular weight is 197 g/mol. The van der Waals surface area contributed by atoms with Gasteiger partial charge in [0, 0.05) is 6.61 Å². The minimum atomic E-state index is -1.21. The number of aliphatic carboxylic acids is 1. The molecule has 0 aromatic rings. The Bertz CT molecular complexity index is 253. The van der Waals surface area contributed by atoms with Crippen LogP contribution in [0, 0.1) is 11.3 Å². The number of ether oxygens (including phenoxy) is 1. The van der Waals surface area contributed by atoms with Gasteiger partial charge in [-0.3, -0.25) is 0 Å². The van der Waals surface area contributed by atoms with Crippen LogP contribution in [0.1, 0.15) is 26.7 Å². The quantitative estimate of drug-likeness (QED) is 0.400. The van der Waals surface area contributed by atoms with Crippen molar-refractivity contribution < 1.29 is 14.6 Å². The first-order valence-corrected chi connectivity index (χ1v) is 4.58. The van der Waals surface area contributed by atoms with Gasteiger partial charge >= 0.3 is 5.97 Å². The van der Waals surface area contributed by atoms with Crippen LogP contribution >= 0.6 is 0 Å². The van der Waals surface area contributed by atoms with Gasteiger partial charge in [-0.15, -0.1) is 0 Å². The Morgan fingerprint density at radius 3 is 2.79 bits per heavy atom. The number of nitrogens with zero attached hydrogens (tertiary/aromatic N) is 1. The van der Waals surface area contributed by atoms with Crippen molar-refractivity contribution in [2.45, 2.75) is 32.8 Å². The molecule has 0 bridgehead atoms. The summed E-state index contributed by atoms with van der Waals surface area (Å²) in [5, 5.41) is 17.0. The van der Waals surface area contributed by atoms with E-state index in [1.165, 1.54) is 6.08 Å². The molecule has 0 aromatic carbocycles. The third-order valence-corrected chi connectivity index (χ3v) is 1.63. The Labute approximate surface area is 83.8 Å². The van der Waals surface area contributed by atoms with Crippen LogP contribution in [0.3, 0.4) is 0 Å². The van der Waals surface area contributed by atoms with Gasteiger partial charge in [0.15, 0.2) is 0 Å². The zero-order chi connectivity index (χ0) is 11.0. The van der Waals surface area contributed by atoms with E-state index in [1.54, 1.807) is 13.0 Å². The van der Waals surface area contributed by atoms with Gasteiger partial charge in [-0.1, -0.05) is 13.3 Å². The van der Waals surface area contributed by atoms with E-state index in [1.807, 2.05) is 6.92 Å². The molecule has 78 valence electrons. The molecule has 1 unspecified atom stereocenters. The Hall–Kier alpha value is -1.34. The van der Waals surface area contributed by atoms with Crippen molar-refractivity contribution in [3.05, 3.63) is 11.6 Å². The van der Waals surface area contributed by atoms with Gasteiger partial charge in [-0.05, 0) is 19.4 Å². The van der Waals surface area contributed by atoms with E-state index in [-0.39, 0.29) is 11.7 Å². The first-order chi connectivity index (χ1) is 6.61. The van der Waals surface area contributed by atoms with E-state index < -0.39 is 5.97 Å². The zero-order valence-electron chi connectivity index (χ0n) is 8.49. The summed E-state index contributed by atoms with van der Waals surface area (Å²) in [6.07, 6.45) is 2.96. The fraction of sp³-hybridized carbons (Fsp3) is 0.600. The number of rotatable bonds is 6. The molecule has 0 aliphatic heterocycles. The highest BCUT2D eigenvalue weighted by molar-refractivity contribution is 5.91. The fourth-order valence-corrected chi connectivity index (χ4v) is 0.853. The van der Waals surface area contributed by atoms with Gasteiger partial charge in [0.25, 0.3) is 0 Å². The Kier molecular flexibility index (Phi) is 6.42. The first kappa shape index (κ1) is 12.7. The van der Waals surface area contributed by atoms with Crippen LogP contribution in [-0.4, -0.2) is 23.8 Å². The molecular weight excluding hydrogens is 182 g/mol. The van der Waals surface area contributed by atoms with Gasteiger partial charge < -0.3 is 9.84 Å². The maximum absolute atomic E-state index is 10.4. The van der Waals surface area contributed by atoms with Crippen molar-refractivity contribution in [3.63, 3.8) is 0 Å². The molecule has 0 amide bonds. The summed E-state index contributed by atoms with van der Waals surface area (Å²) >= 11 is 0. The van der Waals surface area contributed by atoms with E-state index in [4.69, 9.17) is 15.1 Å². The highest BCUT2D eigenvalue weighted by atomic mass is 16.5. The van der Waals surface area contributed by atoms with Crippen molar-refractivity contribution in [3.8, 4) is 6.07 Å². The lowest BCUT2D eigenvalue weighted by Crippen LogP contribution is -2.09. The van der Waals surface area contributed by atoms with Crippen LogP contribution in [0.15, 0.2) is 11.6 Å². The van der Waals surface area contributed by atoms with Crippen molar-refractivity contribution in [1.82, 2.24) is 0 Å². The average Bonchev–Trinajstić information content (AvgIpc) is 2.14. The third kappa shape index (κ3) is 5.33. The predicted octanol–water partition coefficient (Wildman–Crippen LogP) is 1.73. The summed E-state index contributed by atoms with van der Waals surface area (Å²) in [6, 6.07) is 1.60. The molecule has 1 atom stereocenters. The summed E-state index contributed by atoms with van der Waals surface area (Å²) < 4.78 is 5.27. The van der Waals surface area contributed by atoms with Crippen molar-refractivity contribution in [1.29, 1.82) is 5.26 Å². The lowest BCUT2D eigenvalue weighted by atomic mass is 10.2. The smallest absolute Gasteiger partial charge is 0.346 e.